The quantitative estimate of drug-likeness (QED) is 0.825. The van der Waals surface area contributed by atoms with Crippen molar-refractivity contribution in [2.45, 2.75) is 19.5 Å². The second-order valence-corrected chi connectivity index (χ2v) is 4.88. The maximum Gasteiger partial charge on any atom is 0.0958 e. The van der Waals surface area contributed by atoms with Crippen LogP contribution in [0.4, 0.5) is 0 Å². The number of benzene rings is 1. The highest BCUT2D eigenvalue weighted by atomic mass is 16.5. The minimum Gasteiger partial charge on any atom is -0.379 e. The van der Waals surface area contributed by atoms with Gasteiger partial charge in [-0.3, -0.25) is 4.90 Å². The SMILES string of the molecule is C[C@@H](Cn1cnc2ccccc21)N1CCOCC1. The van der Waals surface area contributed by atoms with Crippen LogP contribution in [0.2, 0.25) is 0 Å². The van der Waals surface area contributed by atoms with Crippen LogP contribution in [0, 0.1) is 0 Å². The smallest absolute Gasteiger partial charge is 0.0958 e. The lowest BCUT2D eigenvalue weighted by Crippen LogP contribution is -2.43. The molecule has 2 aromatic rings. The second-order valence-electron chi connectivity index (χ2n) is 4.88. The Kier molecular flexibility index (Phi) is 3.30. The molecule has 1 aromatic heterocycles. The molecule has 1 aliphatic heterocycles. The highest BCUT2D eigenvalue weighted by molar-refractivity contribution is 5.74. The first-order chi connectivity index (χ1) is 8.84. The number of ether oxygens (including phenoxy) is 1. The lowest BCUT2D eigenvalue weighted by atomic mass is 10.2. The molecule has 1 aromatic carbocycles. The monoisotopic (exact) mass is 245 g/mol. The zero-order chi connectivity index (χ0) is 12.4. The van der Waals surface area contributed by atoms with Gasteiger partial charge in [-0.1, -0.05) is 12.1 Å². The van der Waals surface area contributed by atoms with Crippen LogP contribution in [0.25, 0.3) is 11.0 Å². The number of hydrogen-bond donors (Lipinski definition) is 0. The number of imidazole rings is 1. The first kappa shape index (κ1) is 11.7. The molecule has 0 amide bonds. The molecular formula is C14H19N3O. The Morgan fingerprint density at radius 2 is 2.06 bits per heavy atom. The average Bonchev–Trinajstić information content (AvgIpc) is 2.83. The van der Waals surface area contributed by atoms with Crippen LogP contribution in [-0.4, -0.2) is 46.8 Å². The first-order valence-electron chi connectivity index (χ1n) is 6.56. The van der Waals surface area contributed by atoms with Crippen LogP contribution in [0.15, 0.2) is 30.6 Å². The number of fused-ring (bicyclic) bond motifs is 1. The van der Waals surface area contributed by atoms with Gasteiger partial charge in [0, 0.05) is 25.7 Å². The van der Waals surface area contributed by atoms with Crippen molar-refractivity contribution in [1.82, 2.24) is 14.5 Å². The fraction of sp³-hybridized carbons (Fsp3) is 0.500. The molecule has 0 radical (unpaired) electrons. The summed E-state index contributed by atoms with van der Waals surface area (Å²) in [6.07, 6.45) is 1.95. The molecule has 96 valence electrons. The third-order valence-electron chi connectivity index (χ3n) is 3.66. The number of morpholine rings is 1. The van der Waals surface area contributed by atoms with Crippen LogP contribution < -0.4 is 0 Å². The van der Waals surface area contributed by atoms with Crippen molar-refractivity contribution in [3.63, 3.8) is 0 Å². The molecule has 0 N–H and O–H groups in total. The summed E-state index contributed by atoms with van der Waals surface area (Å²) in [7, 11) is 0. The van der Waals surface area contributed by atoms with E-state index in [0.717, 1.165) is 38.4 Å². The van der Waals surface area contributed by atoms with Crippen molar-refractivity contribution in [3.8, 4) is 0 Å². The summed E-state index contributed by atoms with van der Waals surface area (Å²) in [6, 6.07) is 8.82. The van der Waals surface area contributed by atoms with Gasteiger partial charge >= 0.3 is 0 Å². The van der Waals surface area contributed by atoms with Gasteiger partial charge in [0.25, 0.3) is 0 Å². The van der Waals surface area contributed by atoms with Gasteiger partial charge in [-0.25, -0.2) is 4.98 Å². The normalized spacial score (nSPS) is 19.2. The van der Waals surface area contributed by atoms with Crippen LogP contribution in [0.3, 0.4) is 0 Å². The second kappa shape index (κ2) is 5.08. The molecule has 4 heteroatoms. The topological polar surface area (TPSA) is 30.3 Å². The predicted molar refractivity (Wildman–Crippen MR) is 71.6 cm³/mol. The van der Waals surface area contributed by atoms with E-state index in [1.807, 2.05) is 12.4 Å². The zero-order valence-electron chi connectivity index (χ0n) is 10.7. The summed E-state index contributed by atoms with van der Waals surface area (Å²) in [4.78, 5) is 6.92. The van der Waals surface area contributed by atoms with Crippen molar-refractivity contribution in [2.24, 2.45) is 0 Å². The fourth-order valence-electron chi connectivity index (χ4n) is 2.57. The molecule has 0 bridgehead atoms. The number of nitrogens with zero attached hydrogens (tertiary/aromatic N) is 3. The highest BCUT2D eigenvalue weighted by Gasteiger charge is 2.17. The van der Waals surface area contributed by atoms with Crippen molar-refractivity contribution in [1.29, 1.82) is 0 Å². The zero-order valence-corrected chi connectivity index (χ0v) is 10.7. The molecule has 1 aliphatic rings. The Morgan fingerprint density at radius 1 is 1.28 bits per heavy atom. The molecule has 3 rings (SSSR count). The molecule has 18 heavy (non-hydrogen) atoms. The highest BCUT2D eigenvalue weighted by Crippen LogP contribution is 2.14. The van der Waals surface area contributed by atoms with Crippen LogP contribution >= 0.6 is 0 Å². The number of aromatic nitrogens is 2. The molecule has 0 aliphatic carbocycles. The van der Waals surface area contributed by atoms with E-state index in [9.17, 15) is 0 Å². The third-order valence-corrected chi connectivity index (χ3v) is 3.66. The molecule has 1 atom stereocenters. The van der Waals surface area contributed by atoms with Gasteiger partial charge in [0.1, 0.15) is 0 Å². The van der Waals surface area contributed by atoms with Crippen LogP contribution in [0.5, 0.6) is 0 Å². The summed E-state index contributed by atoms with van der Waals surface area (Å²) in [5.74, 6) is 0. The van der Waals surface area contributed by atoms with E-state index in [1.165, 1.54) is 5.52 Å². The maximum atomic E-state index is 5.39. The number of rotatable bonds is 3. The summed E-state index contributed by atoms with van der Waals surface area (Å²) < 4.78 is 7.64. The standard InChI is InChI=1S/C14H19N3O/c1-12(16-6-8-18-9-7-16)10-17-11-15-13-4-2-3-5-14(13)17/h2-5,11-12H,6-10H2,1H3/t12-/m0/s1. The summed E-state index contributed by atoms with van der Waals surface area (Å²) in [5, 5.41) is 0. The summed E-state index contributed by atoms with van der Waals surface area (Å²) >= 11 is 0. The lowest BCUT2D eigenvalue weighted by molar-refractivity contribution is 0.0171. The Morgan fingerprint density at radius 3 is 2.89 bits per heavy atom. The van der Waals surface area contributed by atoms with E-state index in [-0.39, 0.29) is 0 Å². The van der Waals surface area contributed by atoms with Crippen LogP contribution in [0.1, 0.15) is 6.92 Å². The summed E-state index contributed by atoms with van der Waals surface area (Å²) in [5.41, 5.74) is 2.30. The minimum atomic E-state index is 0.520. The third kappa shape index (κ3) is 2.26. The Hall–Kier alpha value is -1.39. The Bertz CT molecular complexity index is 516. The van der Waals surface area contributed by atoms with E-state index in [4.69, 9.17) is 4.74 Å². The molecule has 1 saturated heterocycles. The Labute approximate surface area is 107 Å². The molecular weight excluding hydrogens is 226 g/mol. The van der Waals surface area contributed by atoms with E-state index < -0.39 is 0 Å². The number of para-hydroxylation sites is 2. The minimum absolute atomic E-state index is 0.520. The van der Waals surface area contributed by atoms with E-state index in [0.29, 0.717) is 6.04 Å². The molecule has 0 unspecified atom stereocenters. The van der Waals surface area contributed by atoms with Crippen molar-refractivity contribution in [2.75, 3.05) is 26.3 Å². The molecule has 0 saturated carbocycles. The molecule has 2 heterocycles. The Balaban J connectivity index is 1.75. The van der Waals surface area contributed by atoms with Gasteiger partial charge in [0.2, 0.25) is 0 Å². The molecule has 0 spiro atoms. The van der Waals surface area contributed by atoms with Gasteiger partial charge in [-0.2, -0.15) is 0 Å². The molecule has 4 nitrogen and oxygen atoms in total. The summed E-state index contributed by atoms with van der Waals surface area (Å²) in [6.45, 7) is 7.05. The lowest BCUT2D eigenvalue weighted by Gasteiger charge is -2.32. The average molecular weight is 245 g/mol. The number of hydrogen-bond acceptors (Lipinski definition) is 3. The van der Waals surface area contributed by atoms with E-state index in [1.54, 1.807) is 0 Å². The van der Waals surface area contributed by atoms with E-state index >= 15 is 0 Å². The molecule has 1 fully saturated rings. The van der Waals surface area contributed by atoms with Crippen LogP contribution in [-0.2, 0) is 11.3 Å². The van der Waals surface area contributed by atoms with Crippen molar-refractivity contribution in [3.05, 3.63) is 30.6 Å². The predicted octanol–water partition coefficient (Wildman–Crippen LogP) is 1.76. The van der Waals surface area contributed by atoms with Gasteiger partial charge in [0.15, 0.2) is 0 Å². The van der Waals surface area contributed by atoms with E-state index in [2.05, 4.69) is 39.6 Å². The van der Waals surface area contributed by atoms with Crippen molar-refractivity contribution < 1.29 is 4.74 Å². The first-order valence-corrected chi connectivity index (χ1v) is 6.56. The van der Waals surface area contributed by atoms with Gasteiger partial charge in [-0.15, -0.1) is 0 Å². The van der Waals surface area contributed by atoms with Gasteiger partial charge < -0.3 is 9.30 Å². The van der Waals surface area contributed by atoms with Gasteiger partial charge in [0.05, 0.1) is 30.6 Å². The van der Waals surface area contributed by atoms with Gasteiger partial charge in [-0.05, 0) is 19.1 Å². The van der Waals surface area contributed by atoms with Crippen molar-refractivity contribution >= 4 is 11.0 Å². The fourth-order valence-corrected chi connectivity index (χ4v) is 2.57. The largest absolute Gasteiger partial charge is 0.379 e. The maximum absolute atomic E-state index is 5.39.